The summed E-state index contributed by atoms with van der Waals surface area (Å²) >= 11 is 0. The van der Waals surface area contributed by atoms with Crippen LogP contribution in [0, 0.1) is 0 Å². The van der Waals surface area contributed by atoms with E-state index < -0.39 is 0 Å². The first-order valence-corrected chi connectivity index (χ1v) is 10.1. The van der Waals surface area contributed by atoms with Crippen LogP contribution in [0.1, 0.15) is 35.1 Å². The highest BCUT2D eigenvalue weighted by atomic mass is 16.5. The predicted octanol–water partition coefficient (Wildman–Crippen LogP) is 5.45. The van der Waals surface area contributed by atoms with Crippen molar-refractivity contribution in [1.82, 2.24) is 0 Å². The third-order valence-corrected chi connectivity index (χ3v) is 5.36. The standard InChI is InChI=1S/C26H28O6/c1-16(19-14-23(31-4)26(28)24(15-19)32-5)25-21(29-2)12-18(13-22(25)30-3)7-6-17-8-10-20(27)11-9-17/h6-16,27-28H,1-5H3/b7-6+. The van der Waals surface area contributed by atoms with Crippen LogP contribution in [-0.4, -0.2) is 38.7 Å². The fourth-order valence-corrected chi connectivity index (χ4v) is 3.59. The van der Waals surface area contributed by atoms with Gasteiger partial charge in [-0.05, 0) is 53.1 Å². The topological polar surface area (TPSA) is 77.4 Å². The number of ether oxygens (including phenoxy) is 4. The fourth-order valence-electron chi connectivity index (χ4n) is 3.59. The number of rotatable bonds is 8. The van der Waals surface area contributed by atoms with Crippen LogP contribution in [0.2, 0.25) is 0 Å². The lowest BCUT2D eigenvalue weighted by Crippen LogP contribution is -2.04. The van der Waals surface area contributed by atoms with Gasteiger partial charge in [0, 0.05) is 11.5 Å². The first kappa shape index (κ1) is 22.9. The highest BCUT2D eigenvalue weighted by Crippen LogP contribution is 2.44. The Kier molecular flexibility index (Phi) is 7.15. The number of aromatic hydroxyl groups is 2. The molecule has 1 atom stereocenters. The lowest BCUT2D eigenvalue weighted by atomic mass is 9.90. The van der Waals surface area contributed by atoms with Crippen molar-refractivity contribution in [3.8, 4) is 34.5 Å². The fraction of sp³-hybridized carbons (Fsp3) is 0.231. The van der Waals surface area contributed by atoms with Gasteiger partial charge in [-0.15, -0.1) is 0 Å². The van der Waals surface area contributed by atoms with Gasteiger partial charge in [0.15, 0.2) is 11.5 Å². The van der Waals surface area contributed by atoms with Crippen LogP contribution < -0.4 is 18.9 Å². The van der Waals surface area contributed by atoms with Gasteiger partial charge in [-0.3, -0.25) is 0 Å². The summed E-state index contributed by atoms with van der Waals surface area (Å²) in [4.78, 5) is 0. The smallest absolute Gasteiger partial charge is 0.200 e. The van der Waals surface area contributed by atoms with Gasteiger partial charge in [0.1, 0.15) is 17.2 Å². The molecule has 0 spiro atoms. The number of phenolic OH excluding ortho intramolecular Hbond substituents is 2. The first-order valence-electron chi connectivity index (χ1n) is 10.1. The lowest BCUT2D eigenvalue weighted by Gasteiger charge is -2.21. The highest BCUT2D eigenvalue weighted by Gasteiger charge is 2.23. The van der Waals surface area contributed by atoms with E-state index in [2.05, 4.69) is 0 Å². The maximum Gasteiger partial charge on any atom is 0.200 e. The average molecular weight is 437 g/mol. The van der Waals surface area contributed by atoms with Gasteiger partial charge in [-0.1, -0.05) is 31.2 Å². The van der Waals surface area contributed by atoms with E-state index in [0.29, 0.717) is 23.0 Å². The van der Waals surface area contributed by atoms with E-state index in [1.807, 2.05) is 43.3 Å². The van der Waals surface area contributed by atoms with Gasteiger partial charge in [0.25, 0.3) is 0 Å². The molecule has 0 amide bonds. The summed E-state index contributed by atoms with van der Waals surface area (Å²) in [6.07, 6.45) is 3.91. The van der Waals surface area contributed by atoms with E-state index >= 15 is 0 Å². The van der Waals surface area contributed by atoms with Crippen LogP contribution in [0.5, 0.6) is 34.5 Å². The second kappa shape index (κ2) is 10.0. The molecule has 3 rings (SSSR count). The van der Waals surface area contributed by atoms with Crippen molar-refractivity contribution in [2.75, 3.05) is 28.4 Å². The van der Waals surface area contributed by atoms with E-state index in [0.717, 1.165) is 22.3 Å². The van der Waals surface area contributed by atoms with E-state index in [4.69, 9.17) is 18.9 Å². The maximum absolute atomic E-state index is 10.3. The normalized spacial score (nSPS) is 11.9. The van der Waals surface area contributed by atoms with Crippen molar-refractivity contribution in [2.45, 2.75) is 12.8 Å². The molecular weight excluding hydrogens is 408 g/mol. The second-order valence-electron chi connectivity index (χ2n) is 7.26. The summed E-state index contributed by atoms with van der Waals surface area (Å²) in [5.41, 5.74) is 3.61. The van der Waals surface area contributed by atoms with Crippen LogP contribution in [0.3, 0.4) is 0 Å². The lowest BCUT2D eigenvalue weighted by molar-refractivity contribution is 0.338. The molecular formula is C26H28O6. The second-order valence-corrected chi connectivity index (χ2v) is 7.26. The van der Waals surface area contributed by atoms with Crippen molar-refractivity contribution in [3.63, 3.8) is 0 Å². The molecule has 0 bridgehead atoms. The Hall–Kier alpha value is -3.80. The molecule has 2 N–H and O–H groups in total. The molecule has 0 saturated heterocycles. The summed E-state index contributed by atoms with van der Waals surface area (Å²) in [6, 6.07) is 14.4. The number of methoxy groups -OCH3 is 4. The van der Waals surface area contributed by atoms with Gasteiger partial charge >= 0.3 is 0 Å². The number of phenols is 2. The number of hydrogen-bond donors (Lipinski definition) is 2. The van der Waals surface area contributed by atoms with Crippen molar-refractivity contribution in [1.29, 1.82) is 0 Å². The number of hydrogen-bond acceptors (Lipinski definition) is 6. The monoisotopic (exact) mass is 436 g/mol. The first-order chi connectivity index (χ1) is 15.4. The predicted molar refractivity (Wildman–Crippen MR) is 125 cm³/mol. The Bertz CT molecular complexity index is 1050. The molecule has 0 fully saturated rings. The zero-order valence-electron chi connectivity index (χ0n) is 18.9. The molecule has 6 heteroatoms. The molecule has 32 heavy (non-hydrogen) atoms. The summed E-state index contributed by atoms with van der Waals surface area (Å²) in [6.45, 7) is 2.03. The summed E-state index contributed by atoms with van der Waals surface area (Å²) in [7, 11) is 6.24. The minimum absolute atomic E-state index is 0.0420. The Morgan fingerprint density at radius 3 is 1.59 bits per heavy atom. The Balaban J connectivity index is 2.04. The summed E-state index contributed by atoms with van der Waals surface area (Å²) in [5, 5.41) is 19.7. The average Bonchev–Trinajstić information content (AvgIpc) is 2.82. The van der Waals surface area contributed by atoms with Crippen LogP contribution in [-0.2, 0) is 0 Å². The molecule has 3 aromatic rings. The van der Waals surface area contributed by atoms with Crippen molar-refractivity contribution >= 4 is 12.2 Å². The van der Waals surface area contributed by atoms with Gasteiger partial charge in [0.05, 0.1) is 28.4 Å². The van der Waals surface area contributed by atoms with Crippen LogP contribution in [0.15, 0.2) is 48.5 Å². The van der Waals surface area contributed by atoms with E-state index in [9.17, 15) is 10.2 Å². The van der Waals surface area contributed by atoms with Crippen molar-refractivity contribution in [2.24, 2.45) is 0 Å². The van der Waals surface area contributed by atoms with Gasteiger partial charge < -0.3 is 29.2 Å². The van der Waals surface area contributed by atoms with Gasteiger partial charge in [0.2, 0.25) is 5.75 Å². The van der Waals surface area contributed by atoms with Gasteiger partial charge in [-0.2, -0.15) is 0 Å². The maximum atomic E-state index is 10.3. The van der Waals surface area contributed by atoms with Crippen LogP contribution in [0.4, 0.5) is 0 Å². The molecule has 6 nitrogen and oxygen atoms in total. The van der Waals surface area contributed by atoms with E-state index in [1.54, 1.807) is 38.5 Å². The van der Waals surface area contributed by atoms with Crippen LogP contribution >= 0.6 is 0 Å². The third kappa shape index (κ3) is 4.75. The summed E-state index contributed by atoms with van der Waals surface area (Å²) in [5.74, 6) is 2.06. The SMILES string of the molecule is COc1cc(C(C)c2c(OC)cc(/C=C/c3ccc(O)cc3)cc2OC)cc(OC)c1O. The molecule has 3 aromatic carbocycles. The van der Waals surface area contributed by atoms with E-state index in [-0.39, 0.29) is 17.4 Å². The van der Waals surface area contributed by atoms with Crippen LogP contribution in [0.25, 0.3) is 12.2 Å². The minimum atomic E-state index is -0.140. The Morgan fingerprint density at radius 2 is 1.12 bits per heavy atom. The zero-order valence-corrected chi connectivity index (χ0v) is 18.9. The minimum Gasteiger partial charge on any atom is -0.508 e. The van der Waals surface area contributed by atoms with E-state index in [1.165, 1.54) is 14.2 Å². The molecule has 0 aromatic heterocycles. The quantitative estimate of drug-likeness (QED) is 0.457. The Labute approximate surface area is 188 Å². The summed E-state index contributed by atoms with van der Waals surface area (Å²) < 4.78 is 22.1. The highest BCUT2D eigenvalue weighted by molar-refractivity contribution is 5.72. The zero-order chi connectivity index (χ0) is 23.3. The number of benzene rings is 3. The molecule has 0 aliphatic carbocycles. The molecule has 0 radical (unpaired) electrons. The van der Waals surface area contributed by atoms with Gasteiger partial charge in [-0.25, -0.2) is 0 Å². The molecule has 0 saturated carbocycles. The molecule has 0 aliphatic rings. The third-order valence-electron chi connectivity index (χ3n) is 5.36. The molecule has 0 heterocycles. The Morgan fingerprint density at radius 1 is 0.656 bits per heavy atom. The largest absolute Gasteiger partial charge is 0.508 e. The molecule has 0 aliphatic heterocycles. The molecule has 168 valence electrons. The molecule has 1 unspecified atom stereocenters. The van der Waals surface area contributed by atoms with Crippen molar-refractivity contribution < 1.29 is 29.2 Å². The van der Waals surface area contributed by atoms with Crippen molar-refractivity contribution in [3.05, 3.63) is 70.8 Å².